The van der Waals surface area contributed by atoms with Crippen LogP contribution in [-0.4, -0.2) is 18.0 Å². The smallest absolute Gasteiger partial charge is 0.255 e. The van der Waals surface area contributed by atoms with E-state index in [9.17, 15) is 4.79 Å². The molecule has 1 amide bonds. The highest BCUT2D eigenvalue weighted by Gasteiger charge is 2.12. The summed E-state index contributed by atoms with van der Waals surface area (Å²) >= 11 is 0. The van der Waals surface area contributed by atoms with Crippen LogP contribution in [0.3, 0.4) is 0 Å². The number of hydrogen-bond donors (Lipinski definition) is 1. The lowest BCUT2D eigenvalue weighted by Gasteiger charge is -2.11. The van der Waals surface area contributed by atoms with Gasteiger partial charge in [-0.1, -0.05) is 30.3 Å². The highest BCUT2D eigenvalue weighted by atomic mass is 16.5. The van der Waals surface area contributed by atoms with Gasteiger partial charge in [-0.3, -0.25) is 4.79 Å². The van der Waals surface area contributed by atoms with Crippen LogP contribution < -0.4 is 14.8 Å². The zero-order chi connectivity index (χ0) is 17.5. The fraction of sp³-hybridized carbons (Fsp3) is 0.100. The second-order valence-electron chi connectivity index (χ2n) is 5.30. The molecule has 5 nitrogen and oxygen atoms in total. The Morgan fingerprint density at radius 3 is 2.60 bits per heavy atom. The van der Waals surface area contributed by atoms with E-state index in [2.05, 4.69) is 10.3 Å². The van der Waals surface area contributed by atoms with Crippen LogP contribution in [0.5, 0.6) is 17.4 Å². The summed E-state index contributed by atoms with van der Waals surface area (Å²) in [6, 6.07) is 20.1. The molecule has 25 heavy (non-hydrogen) atoms. The highest BCUT2D eigenvalue weighted by molar-refractivity contribution is 5.96. The Bertz CT molecular complexity index is 850. The summed E-state index contributed by atoms with van der Waals surface area (Å²) in [7, 11) is 1.56. The summed E-state index contributed by atoms with van der Waals surface area (Å²) in [5.74, 6) is 1.50. The standard InChI is InChI=1S/C20H18N2O3/c1-24-19-13-15(11-12-21-19)14-22-20(23)17-9-5-6-10-18(17)25-16-7-3-2-4-8-16/h2-13H,14H2,1H3,(H,22,23). The molecule has 0 saturated heterocycles. The van der Waals surface area contributed by atoms with Gasteiger partial charge in [0.1, 0.15) is 11.5 Å². The van der Waals surface area contributed by atoms with Gasteiger partial charge in [0.25, 0.3) is 5.91 Å². The molecule has 5 heteroatoms. The Hall–Kier alpha value is -3.34. The number of benzene rings is 2. The SMILES string of the molecule is COc1cc(CNC(=O)c2ccccc2Oc2ccccc2)ccn1. The minimum atomic E-state index is -0.206. The maximum Gasteiger partial charge on any atom is 0.255 e. The Balaban J connectivity index is 1.71. The van der Waals surface area contributed by atoms with E-state index in [4.69, 9.17) is 9.47 Å². The molecule has 0 spiro atoms. The molecule has 0 aliphatic carbocycles. The molecular formula is C20H18N2O3. The van der Waals surface area contributed by atoms with Gasteiger partial charge < -0.3 is 14.8 Å². The largest absolute Gasteiger partial charge is 0.481 e. The summed E-state index contributed by atoms with van der Waals surface area (Å²) in [6.07, 6.45) is 1.65. The van der Waals surface area contributed by atoms with Crippen LogP contribution in [-0.2, 0) is 6.54 Å². The van der Waals surface area contributed by atoms with Crippen LogP contribution in [0.4, 0.5) is 0 Å². The van der Waals surface area contributed by atoms with Crippen LogP contribution in [0, 0.1) is 0 Å². The number of nitrogens with zero attached hydrogens (tertiary/aromatic N) is 1. The van der Waals surface area contributed by atoms with Crippen molar-refractivity contribution in [1.29, 1.82) is 0 Å². The molecule has 1 N–H and O–H groups in total. The van der Waals surface area contributed by atoms with Gasteiger partial charge in [0.05, 0.1) is 12.7 Å². The van der Waals surface area contributed by atoms with Crippen LogP contribution in [0.2, 0.25) is 0 Å². The third-order valence-electron chi connectivity index (χ3n) is 3.56. The van der Waals surface area contributed by atoms with Crippen molar-refractivity contribution >= 4 is 5.91 Å². The lowest BCUT2D eigenvalue weighted by atomic mass is 10.1. The van der Waals surface area contributed by atoms with Crippen LogP contribution in [0.15, 0.2) is 72.9 Å². The molecule has 0 aliphatic heterocycles. The van der Waals surface area contributed by atoms with Gasteiger partial charge in [0.2, 0.25) is 5.88 Å². The van der Waals surface area contributed by atoms with Crippen molar-refractivity contribution in [2.75, 3.05) is 7.11 Å². The fourth-order valence-electron chi connectivity index (χ4n) is 2.31. The zero-order valence-electron chi connectivity index (χ0n) is 13.8. The Morgan fingerprint density at radius 1 is 1.04 bits per heavy atom. The molecule has 0 saturated carbocycles. The van der Waals surface area contributed by atoms with E-state index in [0.717, 1.165) is 5.56 Å². The molecule has 0 atom stereocenters. The molecular weight excluding hydrogens is 316 g/mol. The quantitative estimate of drug-likeness (QED) is 0.744. The van der Waals surface area contributed by atoms with Gasteiger partial charge in [0.15, 0.2) is 0 Å². The number of nitrogens with one attached hydrogen (secondary N) is 1. The first-order valence-corrected chi connectivity index (χ1v) is 7.85. The van der Waals surface area contributed by atoms with Crippen molar-refractivity contribution in [3.8, 4) is 17.4 Å². The molecule has 0 unspecified atom stereocenters. The Kier molecular flexibility index (Phi) is 5.26. The fourth-order valence-corrected chi connectivity index (χ4v) is 2.31. The Labute approximate surface area is 146 Å². The highest BCUT2D eigenvalue weighted by Crippen LogP contribution is 2.25. The minimum Gasteiger partial charge on any atom is -0.481 e. The molecule has 0 bridgehead atoms. The van der Waals surface area contributed by atoms with E-state index in [1.807, 2.05) is 48.5 Å². The van der Waals surface area contributed by atoms with E-state index in [1.54, 1.807) is 31.5 Å². The predicted molar refractivity (Wildman–Crippen MR) is 94.9 cm³/mol. The minimum absolute atomic E-state index is 0.206. The Morgan fingerprint density at radius 2 is 1.80 bits per heavy atom. The van der Waals surface area contributed by atoms with E-state index in [-0.39, 0.29) is 5.91 Å². The van der Waals surface area contributed by atoms with Gasteiger partial charge >= 0.3 is 0 Å². The van der Waals surface area contributed by atoms with Crippen LogP contribution in [0.25, 0.3) is 0 Å². The second kappa shape index (κ2) is 7.97. The average Bonchev–Trinajstić information content (AvgIpc) is 2.67. The third-order valence-corrected chi connectivity index (χ3v) is 3.56. The van der Waals surface area contributed by atoms with Crippen molar-refractivity contribution in [2.45, 2.75) is 6.54 Å². The summed E-state index contributed by atoms with van der Waals surface area (Å²) in [4.78, 5) is 16.6. The number of hydrogen-bond acceptors (Lipinski definition) is 4. The van der Waals surface area contributed by atoms with Gasteiger partial charge in [-0.2, -0.15) is 0 Å². The van der Waals surface area contributed by atoms with Crippen molar-refractivity contribution < 1.29 is 14.3 Å². The van der Waals surface area contributed by atoms with Crippen LogP contribution in [0.1, 0.15) is 15.9 Å². The van der Waals surface area contributed by atoms with Gasteiger partial charge in [0, 0.05) is 18.8 Å². The first-order chi connectivity index (χ1) is 12.3. The molecule has 1 aromatic heterocycles. The molecule has 1 heterocycles. The van der Waals surface area contributed by atoms with Crippen molar-refractivity contribution in [1.82, 2.24) is 10.3 Å². The van der Waals surface area contributed by atoms with E-state index in [0.29, 0.717) is 29.5 Å². The summed E-state index contributed by atoms with van der Waals surface area (Å²) in [6.45, 7) is 0.372. The number of aromatic nitrogens is 1. The van der Waals surface area contributed by atoms with Gasteiger partial charge in [-0.15, -0.1) is 0 Å². The van der Waals surface area contributed by atoms with Crippen LogP contribution >= 0.6 is 0 Å². The second-order valence-corrected chi connectivity index (χ2v) is 5.30. The van der Waals surface area contributed by atoms with Gasteiger partial charge in [-0.05, 0) is 35.9 Å². The number of pyridine rings is 1. The summed E-state index contributed by atoms with van der Waals surface area (Å²) < 4.78 is 10.9. The summed E-state index contributed by atoms with van der Waals surface area (Å²) in [5, 5.41) is 2.89. The average molecular weight is 334 g/mol. The first kappa shape index (κ1) is 16.5. The predicted octanol–water partition coefficient (Wildman–Crippen LogP) is 3.81. The van der Waals surface area contributed by atoms with Crippen molar-refractivity contribution in [3.05, 3.63) is 84.1 Å². The monoisotopic (exact) mass is 334 g/mol. The zero-order valence-corrected chi connectivity index (χ0v) is 13.8. The number of rotatable bonds is 6. The topological polar surface area (TPSA) is 60.5 Å². The molecule has 126 valence electrons. The lowest BCUT2D eigenvalue weighted by Crippen LogP contribution is -2.23. The number of amides is 1. The molecule has 3 aromatic rings. The van der Waals surface area contributed by atoms with E-state index in [1.165, 1.54) is 0 Å². The maximum atomic E-state index is 12.5. The molecule has 2 aromatic carbocycles. The number of para-hydroxylation sites is 2. The molecule has 3 rings (SSSR count). The van der Waals surface area contributed by atoms with E-state index < -0.39 is 0 Å². The number of carbonyl (C=O) groups is 1. The number of ether oxygens (including phenoxy) is 2. The van der Waals surface area contributed by atoms with Crippen molar-refractivity contribution in [3.63, 3.8) is 0 Å². The van der Waals surface area contributed by atoms with Crippen molar-refractivity contribution in [2.24, 2.45) is 0 Å². The molecule has 0 fully saturated rings. The number of carbonyl (C=O) groups excluding carboxylic acids is 1. The van der Waals surface area contributed by atoms with E-state index >= 15 is 0 Å². The molecule has 0 aliphatic rings. The molecule has 0 radical (unpaired) electrons. The normalized spacial score (nSPS) is 10.1. The maximum absolute atomic E-state index is 12.5. The third kappa shape index (κ3) is 4.35. The lowest BCUT2D eigenvalue weighted by molar-refractivity contribution is 0.0948. The first-order valence-electron chi connectivity index (χ1n) is 7.85. The van der Waals surface area contributed by atoms with Gasteiger partial charge in [-0.25, -0.2) is 4.98 Å². The summed E-state index contributed by atoms with van der Waals surface area (Å²) in [5.41, 5.74) is 1.38. The number of methoxy groups -OCH3 is 1.